The summed E-state index contributed by atoms with van der Waals surface area (Å²) < 4.78 is 10.1. The lowest BCUT2D eigenvalue weighted by Gasteiger charge is -2.22. The van der Waals surface area contributed by atoms with Gasteiger partial charge < -0.3 is 19.9 Å². The Morgan fingerprint density at radius 3 is 2.31 bits per heavy atom. The van der Waals surface area contributed by atoms with Gasteiger partial charge in [0.2, 0.25) is 0 Å². The van der Waals surface area contributed by atoms with Crippen LogP contribution in [0.1, 0.15) is 38.8 Å². The second-order valence-corrected chi connectivity index (χ2v) is 7.82. The van der Waals surface area contributed by atoms with Gasteiger partial charge in [0, 0.05) is 6.42 Å². The number of hydrogen-bond acceptors (Lipinski definition) is 5. The van der Waals surface area contributed by atoms with E-state index in [0.29, 0.717) is 0 Å². The third kappa shape index (κ3) is 6.52. The molecule has 0 aromatic heterocycles. The Morgan fingerprint density at radius 1 is 1.10 bits per heavy atom. The van der Waals surface area contributed by atoms with E-state index in [9.17, 15) is 14.7 Å². The number of aromatic hydroxyl groups is 1. The molecular formula is C23H29NO5. The zero-order valence-electron chi connectivity index (χ0n) is 17.6. The molecule has 0 spiro atoms. The number of phenols is 1. The number of rotatable bonds is 6. The molecule has 156 valence electrons. The lowest BCUT2D eigenvalue weighted by molar-refractivity contribution is -0.143. The minimum absolute atomic E-state index is 0.247. The first kappa shape index (κ1) is 22.3. The molecule has 0 bridgehead atoms. The van der Waals surface area contributed by atoms with Gasteiger partial charge in [-0.2, -0.15) is 0 Å². The van der Waals surface area contributed by atoms with Crippen LogP contribution in [0.5, 0.6) is 5.75 Å². The van der Waals surface area contributed by atoms with Crippen molar-refractivity contribution >= 4 is 12.1 Å². The van der Waals surface area contributed by atoms with E-state index in [4.69, 9.17) is 9.47 Å². The Morgan fingerprint density at radius 2 is 1.76 bits per heavy atom. The number of hydrogen-bond donors (Lipinski definition) is 2. The highest BCUT2D eigenvalue weighted by Crippen LogP contribution is 2.28. The Labute approximate surface area is 171 Å². The molecule has 6 heteroatoms. The predicted octanol–water partition coefficient (Wildman–Crippen LogP) is 4.23. The van der Waals surface area contributed by atoms with E-state index in [-0.39, 0.29) is 12.2 Å². The fourth-order valence-electron chi connectivity index (χ4n) is 3.00. The average Bonchev–Trinajstić information content (AvgIpc) is 2.66. The van der Waals surface area contributed by atoms with Crippen LogP contribution in [0, 0.1) is 0 Å². The SMILES string of the molecule is CCc1cc(O)ccc1-c1ccc(C[C@H](NC(=O)OC(C)(C)C)C(=O)OC)cc1. The summed E-state index contributed by atoms with van der Waals surface area (Å²) in [6.07, 6.45) is 0.416. The second-order valence-electron chi connectivity index (χ2n) is 7.82. The third-order valence-corrected chi connectivity index (χ3v) is 4.35. The zero-order chi connectivity index (χ0) is 21.6. The van der Waals surface area contributed by atoms with Crippen LogP contribution < -0.4 is 5.32 Å². The van der Waals surface area contributed by atoms with E-state index in [2.05, 4.69) is 5.32 Å². The number of nitrogens with one attached hydrogen (secondary N) is 1. The fourth-order valence-corrected chi connectivity index (χ4v) is 3.00. The molecule has 0 saturated carbocycles. The van der Waals surface area contributed by atoms with Crippen LogP contribution in [0.25, 0.3) is 11.1 Å². The minimum Gasteiger partial charge on any atom is -0.508 e. The van der Waals surface area contributed by atoms with Gasteiger partial charge >= 0.3 is 12.1 Å². The zero-order valence-corrected chi connectivity index (χ0v) is 17.6. The Kier molecular flexibility index (Phi) is 7.26. The molecule has 6 nitrogen and oxygen atoms in total. The normalized spacial score (nSPS) is 12.2. The molecule has 0 radical (unpaired) electrons. The van der Waals surface area contributed by atoms with Crippen LogP contribution in [0.2, 0.25) is 0 Å². The summed E-state index contributed by atoms with van der Waals surface area (Å²) >= 11 is 0. The van der Waals surface area contributed by atoms with Crippen LogP contribution in [0.3, 0.4) is 0 Å². The minimum atomic E-state index is -0.847. The standard InChI is InChI=1S/C23H29NO5/c1-6-16-14-18(25)11-12-19(16)17-9-7-15(8-10-17)13-20(21(26)28-5)24-22(27)29-23(2,3)4/h7-12,14,20,25H,6,13H2,1-5H3,(H,24,27)/t20-/m0/s1. The van der Waals surface area contributed by atoms with Crippen molar-refractivity contribution in [2.45, 2.75) is 52.2 Å². The molecule has 0 aliphatic heterocycles. The van der Waals surface area contributed by atoms with E-state index >= 15 is 0 Å². The summed E-state index contributed by atoms with van der Waals surface area (Å²) in [5.74, 6) is -0.289. The van der Waals surface area contributed by atoms with Crippen LogP contribution in [0.15, 0.2) is 42.5 Å². The van der Waals surface area contributed by atoms with Crippen LogP contribution in [-0.4, -0.2) is 35.9 Å². The molecule has 0 heterocycles. The van der Waals surface area contributed by atoms with Crippen molar-refractivity contribution in [1.29, 1.82) is 0 Å². The van der Waals surface area contributed by atoms with E-state index in [1.54, 1.807) is 32.9 Å². The number of alkyl carbamates (subject to hydrolysis) is 1. The van der Waals surface area contributed by atoms with Gasteiger partial charge in [-0.15, -0.1) is 0 Å². The highest BCUT2D eigenvalue weighted by atomic mass is 16.6. The number of esters is 1. The lowest BCUT2D eigenvalue weighted by Crippen LogP contribution is -2.45. The summed E-state index contributed by atoms with van der Waals surface area (Å²) in [6, 6.07) is 12.2. The highest BCUT2D eigenvalue weighted by molar-refractivity contribution is 5.81. The number of amides is 1. The summed E-state index contributed by atoms with van der Waals surface area (Å²) in [6.45, 7) is 7.31. The maximum atomic E-state index is 12.1. The summed E-state index contributed by atoms with van der Waals surface area (Å²) in [5.41, 5.74) is 3.33. The van der Waals surface area contributed by atoms with Crippen molar-refractivity contribution in [3.8, 4) is 16.9 Å². The number of benzene rings is 2. The van der Waals surface area contributed by atoms with Gasteiger partial charge in [0.25, 0.3) is 0 Å². The molecule has 2 rings (SSSR count). The van der Waals surface area contributed by atoms with Crippen molar-refractivity contribution < 1.29 is 24.2 Å². The Balaban J connectivity index is 2.16. The summed E-state index contributed by atoms with van der Waals surface area (Å²) in [7, 11) is 1.28. The first-order valence-electron chi connectivity index (χ1n) is 9.61. The largest absolute Gasteiger partial charge is 0.508 e. The number of methoxy groups -OCH3 is 1. The number of aryl methyl sites for hydroxylation is 1. The van der Waals surface area contributed by atoms with Gasteiger partial charge in [-0.1, -0.05) is 37.3 Å². The molecule has 1 amide bonds. The average molecular weight is 399 g/mol. The summed E-state index contributed by atoms with van der Waals surface area (Å²) in [4.78, 5) is 24.2. The van der Waals surface area contributed by atoms with E-state index in [1.165, 1.54) is 7.11 Å². The number of ether oxygens (including phenoxy) is 2. The quantitative estimate of drug-likeness (QED) is 0.710. The third-order valence-electron chi connectivity index (χ3n) is 4.35. The van der Waals surface area contributed by atoms with Crippen LogP contribution >= 0.6 is 0 Å². The van der Waals surface area contributed by atoms with Gasteiger partial charge in [-0.05, 0) is 61.6 Å². The molecule has 0 fully saturated rings. The van der Waals surface area contributed by atoms with Crippen LogP contribution in [-0.2, 0) is 27.1 Å². The molecule has 2 N–H and O–H groups in total. The molecule has 1 atom stereocenters. The van der Waals surface area contributed by atoms with Crippen molar-refractivity contribution in [2.75, 3.05) is 7.11 Å². The van der Waals surface area contributed by atoms with Crippen molar-refractivity contribution in [2.24, 2.45) is 0 Å². The van der Waals surface area contributed by atoms with Gasteiger partial charge in [0.15, 0.2) is 0 Å². The lowest BCUT2D eigenvalue weighted by atomic mass is 9.96. The molecule has 2 aromatic carbocycles. The van der Waals surface area contributed by atoms with Crippen molar-refractivity contribution in [1.82, 2.24) is 5.32 Å². The fraction of sp³-hybridized carbons (Fsp3) is 0.391. The topological polar surface area (TPSA) is 84.9 Å². The molecule has 29 heavy (non-hydrogen) atoms. The maximum absolute atomic E-state index is 12.1. The second kappa shape index (κ2) is 9.45. The first-order chi connectivity index (χ1) is 13.6. The van der Waals surface area contributed by atoms with Gasteiger partial charge in [-0.3, -0.25) is 0 Å². The predicted molar refractivity (Wildman–Crippen MR) is 112 cm³/mol. The van der Waals surface area contributed by atoms with Crippen molar-refractivity contribution in [3.05, 3.63) is 53.6 Å². The molecule has 0 saturated heterocycles. The molecule has 0 aliphatic carbocycles. The summed E-state index contributed by atoms with van der Waals surface area (Å²) in [5, 5.41) is 12.3. The van der Waals surface area contributed by atoms with E-state index in [0.717, 1.165) is 28.7 Å². The molecular weight excluding hydrogens is 370 g/mol. The van der Waals surface area contributed by atoms with E-state index in [1.807, 2.05) is 37.3 Å². The number of phenolic OH excluding ortho intramolecular Hbond substituents is 1. The maximum Gasteiger partial charge on any atom is 0.408 e. The molecule has 0 aliphatic rings. The number of carbonyl (C=O) groups excluding carboxylic acids is 2. The molecule has 2 aromatic rings. The van der Waals surface area contributed by atoms with Gasteiger partial charge in [-0.25, -0.2) is 9.59 Å². The monoisotopic (exact) mass is 399 g/mol. The number of carbonyl (C=O) groups is 2. The molecule has 0 unspecified atom stereocenters. The van der Waals surface area contributed by atoms with Gasteiger partial charge in [0.1, 0.15) is 17.4 Å². The Hall–Kier alpha value is -3.02. The van der Waals surface area contributed by atoms with Crippen molar-refractivity contribution in [3.63, 3.8) is 0 Å². The van der Waals surface area contributed by atoms with E-state index < -0.39 is 23.7 Å². The van der Waals surface area contributed by atoms with Crippen LogP contribution in [0.4, 0.5) is 4.79 Å². The highest BCUT2D eigenvalue weighted by Gasteiger charge is 2.25. The smallest absolute Gasteiger partial charge is 0.408 e. The van der Waals surface area contributed by atoms with Gasteiger partial charge in [0.05, 0.1) is 7.11 Å². The first-order valence-corrected chi connectivity index (χ1v) is 9.61. The Bertz CT molecular complexity index is 853.